The minimum Gasteiger partial charge on any atom is -0.480 e. The first-order chi connectivity index (χ1) is 16.8. The number of carboxylic acids is 1. The highest BCUT2D eigenvalue weighted by molar-refractivity contribution is 5.94. The molecule has 2 aromatic heterocycles. The fourth-order valence-corrected chi connectivity index (χ4v) is 3.49. The van der Waals surface area contributed by atoms with Crippen molar-refractivity contribution in [2.45, 2.75) is 31.0 Å². The Labute approximate surface area is 199 Å². The number of aliphatic hydroxyl groups is 1. The zero-order valence-corrected chi connectivity index (χ0v) is 18.7. The first kappa shape index (κ1) is 25.4. The SMILES string of the molecule is NC(Cc1c[nH]c2ccccc12)C(=O)NC(CO)C(=O)NC(Cc1cnc[nH]1)C(=O)NCC(=O)O. The zero-order chi connectivity index (χ0) is 25.4. The van der Waals surface area contributed by atoms with Crippen molar-refractivity contribution in [2.24, 2.45) is 5.73 Å². The molecule has 0 spiro atoms. The summed E-state index contributed by atoms with van der Waals surface area (Å²) in [5.74, 6) is -3.51. The second kappa shape index (κ2) is 11.8. The van der Waals surface area contributed by atoms with Crippen LogP contribution < -0.4 is 21.7 Å². The molecule has 13 nitrogen and oxygen atoms in total. The van der Waals surface area contributed by atoms with E-state index in [4.69, 9.17) is 10.8 Å². The number of imidazole rings is 1. The molecule has 0 saturated carbocycles. The number of aliphatic carboxylic acids is 1. The van der Waals surface area contributed by atoms with E-state index in [1.807, 2.05) is 24.3 Å². The van der Waals surface area contributed by atoms with Crippen LogP contribution in [-0.2, 0) is 32.0 Å². The van der Waals surface area contributed by atoms with Gasteiger partial charge in [0.25, 0.3) is 0 Å². The molecule has 3 aromatic rings. The lowest BCUT2D eigenvalue weighted by Crippen LogP contribution is -2.57. The second-order valence-corrected chi connectivity index (χ2v) is 7.87. The molecule has 0 aliphatic rings. The number of carbonyl (C=O) groups excluding carboxylic acids is 3. The monoisotopic (exact) mass is 485 g/mol. The molecule has 35 heavy (non-hydrogen) atoms. The topological polar surface area (TPSA) is 215 Å². The van der Waals surface area contributed by atoms with E-state index in [1.54, 1.807) is 6.20 Å². The number of nitrogens with two attached hydrogens (primary N) is 1. The number of para-hydroxylation sites is 1. The number of nitrogens with one attached hydrogen (secondary N) is 5. The van der Waals surface area contributed by atoms with Crippen LogP contribution in [0.25, 0.3) is 10.9 Å². The third-order valence-corrected chi connectivity index (χ3v) is 5.29. The molecule has 3 unspecified atom stereocenters. The fraction of sp³-hybridized carbons (Fsp3) is 0.318. The minimum atomic E-state index is -1.38. The Morgan fingerprint density at radius 1 is 1.00 bits per heavy atom. The smallest absolute Gasteiger partial charge is 0.322 e. The first-order valence-corrected chi connectivity index (χ1v) is 10.8. The van der Waals surface area contributed by atoms with Gasteiger partial charge in [-0.3, -0.25) is 19.2 Å². The lowest BCUT2D eigenvalue weighted by atomic mass is 10.0. The highest BCUT2D eigenvalue weighted by atomic mass is 16.4. The van der Waals surface area contributed by atoms with E-state index in [2.05, 4.69) is 30.9 Å². The Kier molecular flexibility index (Phi) is 8.53. The number of aromatic nitrogens is 3. The average molecular weight is 486 g/mol. The fourth-order valence-electron chi connectivity index (χ4n) is 3.49. The molecule has 0 bridgehead atoms. The van der Waals surface area contributed by atoms with Gasteiger partial charge in [0, 0.05) is 35.4 Å². The van der Waals surface area contributed by atoms with Gasteiger partial charge in [0.15, 0.2) is 0 Å². The Hall–Kier alpha value is -4.23. The molecule has 0 aliphatic heterocycles. The summed E-state index contributed by atoms with van der Waals surface area (Å²) in [5, 5.41) is 26.4. The van der Waals surface area contributed by atoms with Crippen LogP contribution in [0.2, 0.25) is 0 Å². The molecular formula is C22H27N7O6. The van der Waals surface area contributed by atoms with E-state index in [0.717, 1.165) is 16.5 Å². The molecular weight excluding hydrogens is 458 g/mol. The summed E-state index contributed by atoms with van der Waals surface area (Å²) in [5.41, 5.74) is 8.26. The van der Waals surface area contributed by atoms with Crippen LogP contribution in [0.4, 0.5) is 0 Å². The van der Waals surface area contributed by atoms with E-state index in [-0.39, 0.29) is 12.8 Å². The highest BCUT2D eigenvalue weighted by Crippen LogP contribution is 2.18. The van der Waals surface area contributed by atoms with Gasteiger partial charge in [-0.1, -0.05) is 18.2 Å². The van der Waals surface area contributed by atoms with Crippen LogP contribution in [0.5, 0.6) is 0 Å². The van der Waals surface area contributed by atoms with E-state index in [0.29, 0.717) is 5.69 Å². The maximum absolute atomic E-state index is 12.8. The van der Waals surface area contributed by atoms with Gasteiger partial charge in [-0.05, 0) is 18.1 Å². The van der Waals surface area contributed by atoms with Gasteiger partial charge in [0.2, 0.25) is 17.7 Å². The van der Waals surface area contributed by atoms with Gasteiger partial charge in [-0.25, -0.2) is 4.98 Å². The van der Waals surface area contributed by atoms with Crippen LogP contribution in [0, 0.1) is 0 Å². The second-order valence-electron chi connectivity index (χ2n) is 7.87. The standard InChI is InChI=1S/C22H27N7O6/c23-15(5-12-7-25-16-4-2-1-3-14(12)16)20(33)29-18(10-30)22(35)28-17(6-13-8-24-11-27-13)21(34)26-9-19(31)32/h1-4,7-8,11,15,17-18,25,30H,5-6,9-10,23H2,(H,24,27)(H,26,34)(H,28,35)(H,29,33)(H,31,32). The zero-order valence-electron chi connectivity index (χ0n) is 18.7. The van der Waals surface area contributed by atoms with Crippen molar-refractivity contribution in [3.63, 3.8) is 0 Å². The number of rotatable bonds is 12. The summed E-state index contributed by atoms with van der Waals surface area (Å²) < 4.78 is 0. The molecule has 186 valence electrons. The number of amides is 3. The van der Waals surface area contributed by atoms with Crippen molar-refractivity contribution in [1.29, 1.82) is 0 Å². The number of aliphatic hydroxyl groups excluding tert-OH is 1. The van der Waals surface area contributed by atoms with Gasteiger partial charge < -0.3 is 41.9 Å². The number of benzene rings is 1. The van der Waals surface area contributed by atoms with Crippen LogP contribution in [0.15, 0.2) is 43.0 Å². The minimum absolute atomic E-state index is 0.0244. The van der Waals surface area contributed by atoms with Crippen molar-refractivity contribution < 1.29 is 29.4 Å². The third kappa shape index (κ3) is 6.88. The van der Waals surface area contributed by atoms with Gasteiger partial charge in [0.05, 0.1) is 19.0 Å². The Morgan fingerprint density at radius 2 is 1.74 bits per heavy atom. The van der Waals surface area contributed by atoms with E-state index in [1.165, 1.54) is 12.5 Å². The molecule has 3 amide bonds. The van der Waals surface area contributed by atoms with Crippen molar-refractivity contribution in [3.05, 3.63) is 54.2 Å². The van der Waals surface area contributed by atoms with Gasteiger partial charge in [-0.15, -0.1) is 0 Å². The van der Waals surface area contributed by atoms with Crippen LogP contribution in [0.1, 0.15) is 11.3 Å². The van der Waals surface area contributed by atoms with Gasteiger partial charge in [0.1, 0.15) is 18.6 Å². The lowest BCUT2D eigenvalue weighted by molar-refractivity contribution is -0.138. The van der Waals surface area contributed by atoms with E-state index >= 15 is 0 Å². The molecule has 9 N–H and O–H groups in total. The quantitative estimate of drug-likeness (QED) is 0.146. The van der Waals surface area contributed by atoms with Crippen LogP contribution in [0.3, 0.4) is 0 Å². The molecule has 2 heterocycles. The number of hydrogen-bond donors (Lipinski definition) is 8. The van der Waals surface area contributed by atoms with Crippen molar-refractivity contribution >= 4 is 34.6 Å². The van der Waals surface area contributed by atoms with Gasteiger partial charge >= 0.3 is 5.97 Å². The normalized spacial score (nSPS) is 13.5. The summed E-state index contributed by atoms with van der Waals surface area (Å²) in [6, 6.07) is 3.95. The summed E-state index contributed by atoms with van der Waals surface area (Å²) in [6.45, 7) is -1.39. The number of hydrogen-bond acceptors (Lipinski definition) is 7. The Morgan fingerprint density at radius 3 is 2.43 bits per heavy atom. The van der Waals surface area contributed by atoms with Crippen LogP contribution >= 0.6 is 0 Å². The van der Waals surface area contributed by atoms with E-state index < -0.39 is 55.0 Å². The van der Waals surface area contributed by atoms with Gasteiger partial charge in [-0.2, -0.15) is 0 Å². The largest absolute Gasteiger partial charge is 0.480 e. The molecule has 13 heteroatoms. The molecule has 0 aliphatic carbocycles. The van der Waals surface area contributed by atoms with Crippen molar-refractivity contribution in [2.75, 3.05) is 13.2 Å². The first-order valence-electron chi connectivity index (χ1n) is 10.8. The number of H-pyrrole nitrogens is 2. The highest BCUT2D eigenvalue weighted by Gasteiger charge is 2.28. The number of carboxylic acid groups (broad SMARTS) is 1. The number of nitrogens with zero attached hydrogens (tertiary/aromatic N) is 1. The van der Waals surface area contributed by atoms with Crippen LogP contribution in [-0.4, -0.2) is 80.1 Å². The number of aromatic amines is 2. The summed E-state index contributed by atoms with van der Waals surface area (Å²) in [7, 11) is 0. The predicted octanol–water partition coefficient (Wildman–Crippen LogP) is -1.83. The number of carbonyl (C=O) groups is 4. The lowest BCUT2D eigenvalue weighted by Gasteiger charge is -2.22. The maximum Gasteiger partial charge on any atom is 0.322 e. The summed E-state index contributed by atoms with van der Waals surface area (Å²) in [4.78, 5) is 58.3. The third-order valence-electron chi connectivity index (χ3n) is 5.29. The average Bonchev–Trinajstić information content (AvgIpc) is 3.50. The number of fused-ring (bicyclic) bond motifs is 1. The van der Waals surface area contributed by atoms with Crippen molar-refractivity contribution in [1.82, 2.24) is 30.9 Å². The molecule has 1 aromatic carbocycles. The van der Waals surface area contributed by atoms with E-state index in [9.17, 15) is 24.3 Å². The predicted molar refractivity (Wildman–Crippen MR) is 124 cm³/mol. The molecule has 3 rings (SSSR count). The molecule has 0 saturated heterocycles. The summed E-state index contributed by atoms with van der Waals surface area (Å²) >= 11 is 0. The molecule has 0 radical (unpaired) electrons. The molecule has 3 atom stereocenters. The van der Waals surface area contributed by atoms with Crippen molar-refractivity contribution in [3.8, 4) is 0 Å². The molecule has 0 fully saturated rings. The Bertz CT molecular complexity index is 1180. The Balaban J connectivity index is 1.62. The summed E-state index contributed by atoms with van der Waals surface area (Å²) in [6.07, 6.45) is 4.75. The maximum atomic E-state index is 12.8.